The van der Waals surface area contributed by atoms with Gasteiger partial charge in [0.1, 0.15) is 18.0 Å². The Bertz CT molecular complexity index is 1800. The Morgan fingerprint density at radius 3 is 2.66 bits per heavy atom. The molecule has 3 N–H and O–H groups in total. The number of ether oxygens (including phenoxy) is 1. The average molecular weight is 648 g/mol. The van der Waals surface area contributed by atoms with Gasteiger partial charge >= 0.3 is 6.18 Å². The molecule has 0 bridgehead atoms. The van der Waals surface area contributed by atoms with Crippen LogP contribution in [0.1, 0.15) is 59.9 Å². The zero-order valence-corrected chi connectivity index (χ0v) is 26.3. The molecule has 47 heavy (non-hydrogen) atoms. The lowest BCUT2D eigenvalue weighted by atomic mass is 9.89. The third-order valence-electron chi connectivity index (χ3n) is 8.76. The van der Waals surface area contributed by atoms with Crippen LogP contribution >= 0.6 is 0 Å². The number of aliphatic hydroxyl groups excluding tert-OH is 1. The van der Waals surface area contributed by atoms with Gasteiger partial charge in [-0.2, -0.15) is 18.4 Å². The molecule has 1 fully saturated rings. The summed E-state index contributed by atoms with van der Waals surface area (Å²) in [5, 5.41) is 35.4. The van der Waals surface area contributed by atoms with Gasteiger partial charge in [0.2, 0.25) is 0 Å². The molecule has 0 spiro atoms. The van der Waals surface area contributed by atoms with Crippen molar-refractivity contribution in [2.75, 3.05) is 23.9 Å². The maximum Gasteiger partial charge on any atom is 0.416 e. The van der Waals surface area contributed by atoms with Crippen LogP contribution in [-0.4, -0.2) is 55.6 Å². The number of nitrogens with one attached hydrogen (secondary N) is 2. The number of hydrogen-bond acceptors (Lipinski definition) is 10. The van der Waals surface area contributed by atoms with Crippen molar-refractivity contribution in [3.8, 4) is 28.6 Å². The molecule has 1 aliphatic heterocycles. The molecule has 4 aromatic rings. The fourth-order valence-corrected chi connectivity index (χ4v) is 6.13. The highest BCUT2D eigenvalue weighted by Crippen LogP contribution is 2.44. The van der Waals surface area contributed by atoms with Gasteiger partial charge in [-0.1, -0.05) is 0 Å². The van der Waals surface area contributed by atoms with Crippen LogP contribution in [0.3, 0.4) is 0 Å². The lowest BCUT2D eigenvalue weighted by Crippen LogP contribution is -2.44. The number of aromatic nitrogens is 5. The van der Waals surface area contributed by atoms with E-state index >= 15 is 0 Å². The van der Waals surface area contributed by atoms with Gasteiger partial charge in [-0.3, -0.25) is 4.98 Å². The summed E-state index contributed by atoms with van der Waals surface area (Å²) in [5.74, 6) is 1.33. The van der Waals surface area contributed by atoms with E-state index in [1.165, 1.54) is 11.0 Å². The highest BCUT2D eigenvalue weighted by molar-refractivity contribution is 5.83. The van der Waals surface area contributed by atoms with E-state index < -0.39 is 18.0 Å². The number of fused-ring (bicyclic) bond motifs is 1. The Hall–Kier alpha value is -4.58. The molecule has 3 aromatic heterocycles. The second-order valence-corrected chi connectivity index (χ2v) is 12.0. The van der Waals surface area contributed by atoms with Gasteiger partial charge in [-0.05, 0) is 78.8 Å². The Balaban J connectivity index is 1.38. The molecule has 1 aliphatic carbocycles. The maximum absolute atomic E-state index is 14.4. The molecule has 11 nitrogen and oxygen atoms in total. The molecule has 4 heterocycles. The van der Waals surface area contributed by atoms with E-state index in [2.05, 4.69) is 31.9 Å². The molecule has 1 aromatic carbocycles. The molecule has 1 saturated carbocycles. The van der Waals surface area contributed by atoms with Crippen LogP contribution < -0.4 is 15.5 Å². The van der Waals surface area contributed by atoms with Crippen LogP contribution in [0.2, 0.25) is 0 Å². The van der Waals surface area contributed by atoms with E-state index in [4.69, 9.17) is 15.0 Å². The minimum Gasteiger partial charge on any atom is -0.381 e. The third kappa shape index (κ3) is 6.78. The van der Waals surface area contributed by atoms with E-state index in [1.54, 1.807) is 36.3 Å². The van der Waals surface area contributed by atoms with Crippen LogP contribution in [0.15, 0.2) is 42.9 Å². The van der Waals surface area contributed by atoms with Crippen LogP contribution in [0, 0.1) is 18.3 Å². The lowest BCUT2D eigenvalue weighted by Gasteiger charge is -2.34. The highest BCUT2D eigenvalue weighted by Gasteiger charge is 2.41. The standard InChI is InChI=1S/C33H36F3N9O2/c1-19-8-24(26(16-39-19)31-43-41-18-44(31)2)21-11-29(38-7-5-4-6-37)42-30(12-21)45-17-27-25(32(45)46)9-20(10-28(27)33(34,35)36)15-40-22-13-23(14-22)47-3/h8-12,16,18,22-23,32,40,46H,4-5,7,13-15,17H2,1-3H3,(H,38,42)/t22-,23+,32?. The van der Waals surface area contributed by atoms with E-state index in [9.17, 15) is 18.3 Å². The zero-order valence-electron chi connectivity index (χ0n) is 26.3. The van der Waals surface area contributed by atoms with Crippen molar-refractivity contribution in [1.29, 1.82) is 5.26 Å². The van der Waals surface area contributed by atoms with Crippen LogP contribution in [-0.2, 0) is 31.1 Å². The fraction of sp³-hybridized carbons (Fsp3) is 0.424. The highest BCUT2D eigenvalue weighted by atomic mass is 19.4. The normalized spacial score (nSPS) is 18.9. The molecule has 2 aliphatic rings. The molecule has 0 radical (unpaired) electrons. The summed E-state index contributed by atoms with van der Waals surface area (Å²) in [5.41, 5.74) is 2.81. The molecule has 0 amide bonds. The number of rotatable bonds is 11. The summed E-state index contributed by atoms with van der Waals surface area (Å²) in [6, 6.07) is 10.6. The Labute approximate surface area is 270 Å². The second kappa shape index (κ2) is 13.3. The lowest BCUT2D eigenvalue weighted by molar-refractivity contribution is -0.138. The van der Waals surface area contributed by atoms with Gasteiger partial charge in [0, 0.05) is 69.3 Å². The van der Waals surface area contributed by atoms with Crippen LogP contribution in [0.25, 0.3) is 22.5 Å². The van der Waals surface area contributed by atoms with Crippen molar-refractivity contribution in [1.82, 2.24) is 30.0 Å². The number of alkyl halides is 3. The summed E-state index contributed by atoms with van der Waals surface area (Å²) >= 11 is 0. The number of aliphatic hydroxyl groups is 1. The number of methoxy groups -OCH3 is 1. The van der Waals surface area contributed by atoms with E-state index in [-0.39, 0.29) is 36.4 Å². The molecular formula is C33H36F3N9O2. The summed E-state index contributed by atoms with van der Waals surface area (Å²) < 4.78 is 50.4. The topological polar surface area (TPSA) is 137 Å². The minimum absolute atomic E-state index is 0.0205. The van der Waals surface area contributed by atoms with Crippen molar-refractivity contribution < 1.29 is 23.0 Å². The van der Waals surface area contributed by atoms with E-state index in [1.807, 2.05) is 26.1 Å². The summed E-state index contributed by atoms with van der Waals surface area (Å²) in [7, 11) is 3.47. The molecule has 1 atom stereocenters. The first kappa shape index (κ1) is 32.4. The Kier molecular flexibility index (Phi) is 9.14. The van der Waals surface area contributed by atoms with Crippen molar-refractivity contribution in [2.45, 2.75) is 70.2 Å². The predicted molar refractivity (Wildman–Crippen MR) is 169 cm³/mol. The monoisotopic (exact) mass is 647 g/mol. The summed E-state index contributed by atoms with van der Waals surface area (Å²) in [6.07, 6.45) is 0.00545. The predicted octanol–water partition coefficient (Wildman–Crippen LogP) is 5.26. The van der Waals surface area contributed by atoms with Crippen molar-refractivity contribution in [2.24, 2.45) is 7.05 Å². The number of halogens is 3. The quantitative estimate of drug-likeness (QED) is 0.185. The number of aryl methyl sites for hydroxylation is 2. The average Bonchev–Trinajstić information content (AvgIpc) is 3.60. The van der Waals surface area contributed by atoms with Crippen molar-refractivity contribution in [3.63, 3.8) is 0 Å². The van der Waals surface area contributed by atoms with Gasteiger partial charge in [0.15, 0.2) is 12.1 Å². The smallest absolute Gasteiger partial charge is 0.381 e. The number of anilines is 2. The number of nitrogens with zero attached hydrogens (tertiary/aromatic N) is 7. The van der Waals surface area contributed by atoms with Gasteiger partial charge in [0.25, 0.3) is 0 Å². The number of nitriles is 1. The SMILES string of the molecule is CO[C@H]1C[C@@H](NCc2cc3c(c(C(F)(F)F)c2)CN(c2cc(-c4cc(C)ncc4-c4nncn4C)cc(NCCCC#N)n2)C3O)C1. The van der Waals surface area contributed by atoms with Crippen molar-refractivity contribution in [3.05, 3.63) is 70.8 Å². The molecule has 246 valence electrons. The van der Waals surface area contributed by atoms with Crippen LogP contribution in [0.5, 0.6) is 0 Å². The first-order valence-electron chi connectivity index (χ1n) is 15.4. The summed E-state index contributed by atoms with van der Waals surface area (Å²) in [4.78, 5) is 10.7. The van der Waals surface area contributed by atoms with Crippen LogP contribution in [0.4, 0.5) is 24.8 Å². The van der Waals surface area contributed by atoms with Gasteiger partial charge in [0.05, 0.1) is 17.7 Å². The van der Waals surface area contributed by atoms with Gasteiger partial charge < -0.3 is 29.9 Å². The number of pyridine rings is 2. The molecule has 14 heteroatoms. The van der Waals surface area contributed by atoms with E-state index in [0.29, 0.717) is 53.5 Å². The molecular weight excluding hydrogens is 611 g/mol. The van der Waals surface area contributed by atoms with E-state index in [0.717, 1.165) is 24.1 Å². The second-order valence-electron chi connectivity index (χ2n) is 12.0. The zero-order chi connectivity index (χ0) is 33.3. The van der Waals surface area contributed by atoms with Crippen molar-refractivity contribution >= 4 is 11.6 Å². The Morgan fingerprint density at radius 2 is 1.96 bits per heavy atom. The Morgan fingerprint density at radius 1 is 1.15 bits per heavy atom. The molecule has 6 rings (SSSR count). The molecule has 0 saturated heterocycles. The third-order valence-corrected chi connectivity index (χ3v) is 8.76. The first-order valence-corrected chi connectivity index (χ1v) is 15.4. The summed E-state index contributed by atoms with van der Waals surface area (Å²) in [6.45, 7) is 2.37. The number of hydrogen-bond donors (Lipinski definition) is 3. The number of unbranched alkanes of at least 4 members (excludes halogenated alkanes) is 1. The largest absolute Gasteiger partial charge is 0.416 e. The minimum atomic E-state index is -4.62. The van der Waals surface area contributed by atoms with Gasteiger partial charge in [-0.25, -0.2) is 4.98 Å². The fourth-order valence-electron chi connectivity index (χ4n) is 6.13. The first-order chi connectivity index (χ1) is 22.5. The maximum atomic E-state index is 14.4. The number of benzene rings is 1. The molecule has 1 unspecified atom stereocenters. The van der Waals surface area contributed by atoms with Gasteiger partial charge in [-0.15, -0.1) is 10.2 Å².